The van der Waals surface area contributed by atoms with Crippen LogP contribution in [0.5, 0.6) is 0 Å². The number of Topliss-reactive ketones (excluding diaryl/α,β-unsaturated/α-hetero) is 1. The number of anilines is 1. The number of rotatable bonds is 5. The minimum absolute atomic E-state index is 0.0513. The van der Waals surface area contributed by atoms with Crippen LogP contribution in [-0.2, 0) is 9.59 Å². The molecular weight excluding hydrogens is 334 g/mol. The zero-order valence-electron chi connectivity index (χ0n) is 14.5. The Hall–Kier alpha value is -3.16. The predicted molar refractivity (Wildman–Crippen MR) is 95.7 cm³/mol. The molecule has 26 heavy (non-hydrogen) atoms. The van der Waals surface area contributed by atoms with E-state index in [-0.39, 0.29) is 30.1 Å². The zero-order valence-corrected chi connectivity index (χ0v) is 14.5. The van der Waals surface area contributed by atoms with Crippen LogP contribution >= 0.6 is 0 Å². The van der Waals surface area contributed by atoms with Gasteiger partial charge in [-0.3, -0.25) is 14.4 Å². The first-order valence-corrected chi connectivity index (χ1v) is 8.42. The summed E-state index contributed by atoms with van der Waals surface area (Å²) in [4.78, 5) is 37.4. The van der Waals surface area contributed by atoms with E-state index >= 15 is 0 Å². The molecule has 0 unspecified atom stereocenters. The topological polar surface area (TPSA) is 110 Å². The predicted octanol–water partition coefficient (Wildman–Crippen LogP) is 0.622. The van der Waals surface area contributed by atoms with E-state index in [1.807, 2.05) is 30.3 Å². The van der Waals surface area contributed by atoms with Crippen LogP contribution in [0.25, 0.3) is 5.69 Å². The highest BCUT2D eigenvalue weighted by atomic mass is 16.2. The number of ketones is 1. The molecule has 0 radical (unpaired) electrons. The van der Waals surface area contributed by atoms with Crippen LogP contribution in [0.3, 0.4) is 0 Å². The number of aromatic nitrogens is 2. The lowest BCUT2D eigenvalue weighted by atomic mass is 9.98. The fourth-order valence-electron chi connectivity index (χ4n) is 3.06. The van der Waals surface area contributed by atoms with Gasteiger partial charge in [-0.1, -0.05) is 18.2 Å². The van der Waals surface area contributed by atoms with Gasteiger partial charge in [-0.2, -0.15) is 5.10 Å². The Balaban J connectivity index is 1.68. The van der Waals surface area contributed by atoms with Gasteiger partial charge in [0.05, 0.1) is 24.0 Å². The number of hydrogen-bond donors (Lipinski definition) is 2. The largest absolute Gasteiger partial charge is 0.383 e. The number of nitrogens with one attached hydrogen (secondary N) is 1. The first kappa shape index (κ1) is 17.7. The van der Waals surface area contributed by atoms with E-state index in [2.05, 4.69) is 10.4 Å². The van der Waals surface area contributed by atoms with Crippen molar-refractivity contribution in [1.82, 2.24) is 20.0 Å². The molecule has 3 N–H and O–H groups in total. The van der Waals surface area contributed by atoms with Crippen LogP contribution < -0.4 is 11.1 Å². The number of nitrogens with zero attached hydrogens (tertiary/aromatic N) is 3. The monoisotopic (exact) mass is 355 g/mol. The maximum absolute atomic E-state index is 12.8. The van der Waals surface area contributed by atoms with E-state index in [0.29, 0.717) is 30.9 Å². The third-order valence-corrected chi connectivity index (χ3v) is 4.47. The molecular formula is C18H21N5O3. The number of benzene rings is 1. The van der Waals surface area contributed by atoms with E-state index in [9.17, 15) is 14.4 Å². The fourth-order valence-corrected chi connectivity index (χ4v) is 3.06. The molecule has 0 bridgehead atoms. The number of nitrogen functional groups attached to an aromatic ring is 1. The smallest absolute Gasteiger partial charge is 0.241 e. The highest BCUT2D eigenvalue weighted by Gasteiger charge is 2.33. The number of hydrogen-bond acceptors (Lipinski definition) is 5. The lowest BCUT2D eigenvalue weighted by Crippen LogP contribution is -2.38. The Morgan fingerprint density at radius 3 is 2.69 bits per heavy atom. The average molecular weight is 355 g/mol. The molecule has 136 valence electrons. The maximum Gasteiger partial charge on any atom is 0.241 e. The number of carbonyl (C=O) groups excluding carboxylic acids is 3. The van der Waals surface area contributed by atoms with Gasteiger partial charge in [0.1, 0.15) is 5.82 Å². The molecule has 2 amide bonds. The van der Waals surface area contributed by atoms with Crippen LogP contribution in [0.4, 0.5) is 5.82 Å². The van der Waals surface area contributed by atoms with E-state index in [1.165, 1.54) is 17.8 Å². The SMILES string of the molecule is CC(=O)NCC(=O)N1CC[C@@H](C(=O)c2cnn(-c3ccccc3)c2N)C1. The number of amides is 2. The van der Waals surface area contributed by atoms with Gasteiger partial charge in [-0.05, 0) is 18.6 Å². The van der Waals surface area contributed by atoms with Crippen LogP contribution in [0.15, 0.2) is 36.5 Å². The maximum atomic E-state index is 12.8. The molecule has 2 aromatic rings. The van der Waals surface area contributed by atoms with E-state index in [4.69, 9.17) is 5.73 Å². The molecule has 8 nitrogen and oxygen atoms in total. The van der Waals surface area contributed by atoms with Crippen molar-refractivity contribution in [3.63, 3.8) is 0 Å². The molecule has 0 saturated carbocycles. The van der Waals surface area contributed by atoms with Crippen LogP contribution in [0, 0.1) is 5.92 Å². The van der Waals surface area contributed by atoms with Crippen LogP contribution in [-0.4, -0.2) is 51.9 Å². The molecule has 8 heteroatoms. The highest BCUT2D eigenvalue weighted by Crippen LogP contribution is 2.25. The second kappa shape index (κ2) is 7.38. The van der Waals surface area contributed by atoms with Gasteiger partial charge in [0, 0.05) is 25.9 Å². The Bertz CT molecular complexity index is 831. The van der Waals surface area contributed by atoms with E-state index < -0.39 is 0 Å². The summed E-state index contributed by atoms with van der Waals surface area (Å²) in [5, 5.41) is 6.70. The molecule has 3 rings (SSSR count). The minimum atomic E-state index is -0.313. The van der Waals surface area contributed by atoms with Gasteiger partial charge in [-0.25, -0.2) is 4.68 Å². The standard InChI is InChI=1S/C18H21N5O3/c1-12(24)20-10-16(25)22-8-7-13(11-22)17(26)15-9-21-23(18(15)19)14-5-3-2-4-6-14/h2-6,9,13H,7-8,10-11,19H2,1H3,(H,20,24)/t13-/m1/s1. The number of likely N-dealkylation sites (tertiary alicyclic amines) is 1. The molecule has 0 aliphatic carbocycles. The van der Waals surface area contributed by atoms with Gasteiger partial charge >= 0.3 is 0 Å². The molecule has 1 aliphatic rings. The normalized spacial score (nSPS) is 16.5. The molecule has 1 fully saturated rings. The van der Waals surface area contributed by atoms with Crippen LogP contribution in [0.2, 0.25) is 0 Å². The van der Waals surface area contributed by atoms with Crippen molar-refractivity contribution < 1.29 is 14.4 Å². The molecule has 1 aromatic carbocycles. The third-order valence-electron chi connectivity index (χ3n) is 4.47. The van der Waals surface area contributed by atoms with Crippen molar-refractivity contribution in [1.29, 1.82) is 0 Å². The highest BCUT2D eigenvalue weighted by molar-refractivity contribution is 6.02. The van der Waals surface area contributed by atoms with Gasteiger partial charge in [-0.15, -0.1) is 0 Å². The summed E-state index contributed by atoms with van der Waals surface area (Å²) in [5.74, 6) is -0.578. The lowest BCUT2D eigenvalue weighted by molar-refractivity contribution is -0.131. The number of para-hydroxylation sites is 1. The van der Waals surface area contributed by atoms with Crippen molar-refractivity contribution in [2.24, 2.45) is 5.92 Å². The van der Waals surface area contributed by atoms with E-state index in [0.717, 1.165) is 5.69 Å². The summed E-state index contributed by atoms with van der Waals surface area (Å²) in [6.45, 7) is 2.12. The van der Waals surface area contributed by atoms with Crippen molar-refractivity contribution in [3.05, 3.63) is 42.1 Å². The molecule has 1 aliphatic heterocycles. The summed E-state index contributed by atoms with van der Waals surface area (Å²) < 4.78 is 1.53. The Morgan fingerprint density at radius 2 is 2.00 bits per heavy atom. The van der Waals surface area contributed by atoms with Crippen molar-refractivity contribution >= 4 is 23.4 Å². The molecule has 1 atom stereocenters. The number of nitrogens with two attached hydrogens (primary N) is 1. The van der Waals surface area contributed by atoms with Crippen LogP contribution in [0.1, 0.15) is 23.7 Å². The molecule has 1 aromatic heterocycles. The van der Waals surface area contributed by atoms with Gasteiger partial charge < -0.3 is 16.0 Å². The molecule has 2 heterocycles. The summed E-state index contributed by atoms with van der Waals surface area (Å²) in [7, 11) is 0. The summed E-state index contributed by atoms with van der Waals surface area (Å²) in [5.41, 5.74) is 7.28. The fraction of sp³-hybridized carbons (Fsp3) is 0.333. The van der Waals surface area contributed by atoms with Gasteiger partial charge in [0.15, 0.2) is 5.78 Å². The average Bonchev–Trinajstić information content (AvgIpc) is 3.27. The Morgan fingerprint density at radius 1 is 1.27 bits per heavy atom. The quantitative estimate of drug-likeness (QED) is 0.764. The molecule has 0 spiro atoms. The van der Waals surface area contributed by atoms with Crippen molar-refractivity contribution in [2.45, 2.75) is 13.3 Å². The number of carbonyl (C=O) groups is 3. The lowest BCUT2D eigenvalue weighted by Gasteiger charge is -2.16. The molecule has 1 saturated heterocycles. The van der Waals surface area contributed by atoms with Gasteiger partial charge in [0.2, 0.25) is 11.8 Å². The summed E-state index contributed by atoms with van der Waals surface area (Å²) in [6.07, 6.45) is 2.05. The van der Waals surface area contributed by atoms with Gasteiger partial charge in [0.25, 0.3) is 0 Å². The van der Waals surface area contributed by atoms with E-state index in [1.54, 1.807) is 4.90 Å². The second-order valence-corrected chi connectivity index (χ2v) is 6.29. The summed E-state index contributed by atoms with van der Waals surface area (Å²) in [6, 6.07) is 9.34. The Kier molecular flexibility index (Phi) is 5.01. The first-order chi connectivity index (χ1) is 12.5. The van der Waals surface area contributed by atoms with Crippen molar-refractivity contribution in [3.8, 4) is 5.69 Å². The summed E-state index contributed by atoms with van der Waals surface area (Å²) >= 11 is 0. The zero-order chi connectivity index (χ0) is 18.7. The Labute approximate surface area is 151 Å². The minimum Gasteiger partial charge on any atom is -0.383 e. The first-order valence-electron chi connectivity index (χ1n) is 8.42. The third kappa shape index (κ3) is 3.58. The van der Waals surface area contributed by atoms with Crippen molar-refractivity contribution in [2.75, 3.05) is 25.4 Å². The second-order valence-electron chi connectivity index (χ2n) is 6.29.